The number of carboxylic acids is 1. The standard InChI is InChI=1S/C16H23NO5S/c1-10-6-11(2)15(9-14(10)16(18)19)23(20,21)17-5-4-12-7-13(8-12)22-3/h6,9,12-13,17H,4-5,7-8H2,1-3H3,(H,18,19). The van der Waals surface area contributed by atoms with E-state index in [-0.39, 0.29) is 10.5 Å². The normalized spacial score (nSPS) is 21.0. The number of aromatic carboxylic acids is 1. The molecule has 0 atom stereocenters. The zero-order valence-corrected chi connectivity index (χ0v) is 14.4. The largest absolute Gasteiger partial charge is 0.478 e. The quantitative estimate of drug-likeness (QED) is 0.792. The maximum Gasteiger partial charge on any atom is 0.335 e. The second-order valence-corrected chi connectivity index (χ2v) is 7.85. The summed E-state index contributed by atoms with van der Waals surface area (Å²) in [7, 11) is -2.02. The molecule has 0 aromatic heterocycles. The Kier molecular flexibility index (Phi) is 5.44. The Labute approximate surface area is 136 Å². The van der Waals surface area contributed by atoms with E-state index in [1.807, 2.05) is 0 Å². The third-order valence-corrected chi connectivity index (χ3v) is 6.02. The highest BCUT2D eigenvalue weighted by atomic mass is 32.2. The molecular weight excluding hydrogens is 318 g/mol. The van der Waals surface area contributed by atoms with Crippen LogP contribution >= 0.6 is 0 Å². The molecule has 0 amide bonds. The van der Waals surface area contributed by atoms with Gasteiger partial charge in [-0.3, -0.25) is 0 Å². The smallest absolute Gasteiger partial charge is 0.335 e. The number of ether oxygens (including phenoxy) is 1. The van der Waals surface area contributed by atoms with Gasteiger partial charge in [-0.2, -0.15) is 0 Å². The summed E-state index contributed by atoms with van der Waals surface area (Å²) in [6.45, 7) is 3.67. The molecule has 0 bridgehead atoms. The van der Waals surface area contributed by atoms with Gasteiger partial charge in [-0.25, -0.2) is 17.9 Å². The van der Waals surface area contributed by atoms with Crippen LogP contribution in [0.25, 0.3) is 0 Å². The fourth-order valence-corrected chi connectivity index (χ4v) is 4.23. The van der Waals surface area contributed by atoms with Gasteiger partial charge in [0.1, 0.15) is 0 Å². The second kappa shape index (κ2) is 6.98. The van der Waals surface area contributed by atoms with Crippen molar-refractivity contribution in [1.82, 2.24) is 4.72 Å². The highest BCUT2D eigenvalue weighted by Crippen LogP contribution is 2.32. The molecule has 7 heteroatoms. The second-order valence-electron chi connectivity index (χ2n) is 6.12. The number of methoxy groups -OCH3 is 1. The average molecular weight is 341 g/mol. The molecular formula is C16H23NO5S. The first-order chi connectivity index (χ1) is 10.7. The number of nitrogens with one attached hydrogen (secondary N) is 1. The van der Waals surface area contributed by atoms with Crippen LogP contribution in [0.2, 0.25) is 0 Å². The summed E-state index contributed by atoms with van der Waals surface area (Å²) in [6.07, 6.45) is 2.99. The van der Waals surface area contributed by atoms with Crippen molar-refractivity contribution in [2.45, 2.75) is 44.1 Å². The lowest BCUT2D eigenvalue weighted by Gasteiger charge is -2.34. The molecule has 128 valence electrons. The minimum absolute atomic E-state index is 0.0119. The Morgan fingerprint density at radius 2 is 1.96 bits per heavy atom. The van der Waals surface area contributed by atoms with Crippen molar-refractivity contribution in [3.63, 3.8) is 0 Å². The Morgan fingerprint density at radius 3 is 2.52 bits per heavy atom. The van der Waals surface area contributed by atoms with Crippen molar-refractivity contribution >= 4 is 16.0 Å². The summed E-state index contributed by atoms with van der Waals surface area (Å²) in [5, 5.41) is 9.16. The van der Waals surface area contributed by atoms with Crippen molar-refractivity contribution < 1.29 is 23.1 Å². The molecule has 0 saturated heterocycles. The van der Waals surface area contributed by atoms with Crippen molar-refractivity contribution in [2.75, 3.05) is 13.7 Å². The van der Waals surface area contributed by atoms with Crippen molar-refractivity contribution in [3.05, 3.63) is 28.8 Å². The van der Waals surface area contributed by atoms with E-state index in [0.717, 1.165) is 19.3 Å². The van der Waals surface area contributed by atoms with E-state index in [1.165, 1.54) is 6.07 Å². The maximum absolute atomic E-state index is 12.4. The molecule has 0 spiro atoms. The Hall–Kier alpha value is -1.44. The van der Waals surface area contributed by atoms with E-state index in [9.17, 15) is 13.2 Å². The molecule has 2 rings (SSSR count). The van der Waals surface area contributed by atoms with Crippen molar-refractivity contribution in [3.8, 4) is 0 Å². The minimum Gasteiger partial charge on any atom is -0.478 e. The molecule has 2 N–H and O–H groups in total. The topological polar surface area (TPSA) is 92.7 Å². The van der Waals surface area contributed by atoms with Crippen LogP contribution in [0, 0.1) is 19.8 Å². The van der Waals surface area contributed by atoms with Crippen molar-refractivity contribution in [1.29, 1.82) is 0 Å². The number of sulfonamides is 1. The first-order valence-corrected chi connectivity index (χ1v) is 9.10. The molecule has 6 nitrogen and oxygen atoms in total. The van der Waals surface area contributed by atoms with Crippen LogP contribution in [-0.2, 0) is 14.8 Å². The minimum atomic E-state index is -3.71. The van der Waals surface area contributed by atoms with Gasteiger partial charge in [-0.15, -0.1) is 0 Å². The number of hydrogen-bond donors (Lipinski definition) is 2. The number of benzene rings is 1. The lowest BCUT2D eigenvalue weighted by atomic mass is 9.80. The van der Waals surface area contributed by atoms with Gasteiger partial charge in [0.15, 0.2) is 0 Å². The van der Waals surface area contributed by atoms with Crippen LogP contribution < -0.4 is 4.72 Å². The molecule has 1 aromatic rings. The lowest BCUT2D eigenvalue weighted by molar-refractivity contribution is -0.000910. The predicted molar refractivity (Wildman–Crippen MR) is 86.2 cm³/mol. The molecule has 1 aromatic carbocycles. The monoisotopic (exact) mass is 341 g/mol. The molecule has 1 aliphatic carbocycles. The van der Waals surface area contributed by atoms with Crippen LogP contribution in [0.1, 0.15) is 40.7 Å². The number of carboxylic acid groups (broad SMARTS) is 1. The SMILES string of the molecule is COC1CC(CCNS(=O)(=O)c2cc(C(=O)O)c(C)cc2C)C1. The molecule has 0 aliphatic heterocycles. The third kappa shape index (κ3) is 4.10. The fraction of sp³-hybridized carbons (Fsp3) is 0.562. The van der Waals surface area contributed by atoms with Gasteiger partial charge in [0, 0.05) is 13.7 Å². The first kappa shape index (κ1) is 17.9. The average Bonchev–Trinajstić information content (AvgIpc) is 2.40. The molecule has 1 aliphatic rings. The van der Waals surface area contributed by atoms with E-state index in [1.54, 1.807) is 27.0 Å². The summed E-state index contributed by atoms with van der Waals surface area (Å²) in [6, 6.07) is 2.83. The number of carbonyl (C=O) groups is 1. The molecule has 1 fully saturated rings. The van der Waals surface area contributed by atoms with Crippen LogP contribution in [0.4, 0.5) is 0 Å². The summed E-state index contributed by atoms with van der Waals surface area (Å²) in [5.41, 5.74) is 1.11. The van der Waals surface area contributed by atoms with E-state index in [4.69, 9.17) is 9.84 Å². The molecule has 0 unspecified atom stereocenters. The van der Waals surface area contributed by atoms with Gasteiger partial charge in [0.25, 0.3) is 0 Å². The van der Waals surface area contributed by atoms with E-state index >= 15 is 0 Å². The van der Waals surface area contributed by atoms with Crippen LogP contribution in [0.15, 0.2) is 17.0 Å². The fourth-order valence-electron chi connectivity index (χ4n) is 2.93. The highest BCUT2D eigenvalue weighted by Gasteiger charge is 2.29. The predicted octanol–water partition coefficient (Wildman–Crippen LogP) is 2.10. The number of rotatable bonds is 7. The first-order valence-electron chi connectivity index (χ1n) is 7.61. The molecule has 23 heavy (non-hydrogen) atoms. The van der Waals surface area contributed by atoms with Crippen LogP contribution in [0.5, 0.6) is 0 Å². The lowest BCUT2D eigenvalue weighted by Crippen LogP contribution is -2.34. The van der Waals surface area contributed by atoms with E-state index in [0.29, 0.717) is 29.7 Å². The molecule has 1 saturated carbocycles. The van der Waals surface area contributed by atoms with Gasteiger partial charge in [0.05, 0.1) is 16.6 Å². The van der Waals surface area contributed by atoms with Crippen LogP contribution in [-0.4, -0.2) is 39.3 Å². The third-order valence-electron chi connectivity index (χ3n) is 4.41. The number of hydrogen-bond acceptors (Lipinski definition) is 4. The molecule has 0 radical (unpaired) electrons. The van der Waals surface area contributed by atoms with Crippen molar-refractivity contribution in [2.24, 2.45) is 5.92 Å². The van der Waals surface area contributed by atoms with Gasteiger partial charge in [-0.1, -0.05) is 6.07 Å². The van der Waals surface area contributed by atoms with Crippen LogP contribution in [0.3, 0.4) is 0 Å². The van der Waals surface area contributed by atoms with Gasteiger partial charge in [0.2, 0.25) is 10.0 Å². The molecule has 0 heterocycles. The number of aryl methyl sites for hydroxylation is 2. The van der Waals surface area contributed by atoms with E-state index in [2.05, 4.69) is 4.72 Å². The summed E-state index contributed by atoms with van der Waals surface area (Å²) < 4.78 is 32.6. The zero-order chi connectivity index (χ0) is 17.2. The maximum atomic E-state index is 12.4. The summed E-state index contributed by atoms with van der Waals surface area (Å²) >= 11 is 0. The van der Waals surface area contributed by atoms with Gasteiger partial charge < -0.3 is 9.84 Å². The summed E-state index contributed by atoms with van der Waals surface area (Å²) in [4.78, 5) is 11.2. The highest BCUT2D eigenvalue weighted by molar-refractivity contribution is 7.89. The van der Waals surface area contributed by atoms with Gasteiger partial charge >= 0.3 is 5.97 Å². The van der Waals surface area contributed by atoms with Gasteiger partial charge in [-0.05, 0) is 56.2 Å². The Balaban J connectivity index is 2.04. The Morgan fingerprint density at radius 1 is 1.30 bits per heavy atom. The Bertz CT molecular complexity index is 693. The summed E-state index contributed by atoms with van der Waals surface area (Å²) in [5.74, 6) is -0.643. The van der Waals surface area contributed by atoms with E-state index < -0.39 is 16.0 Å². The zero-order valence-electron chi connectivity index (χ0n) is 13.6.